The highest BCUT2D eigenvalue weighted by Gasteiger charge is 2.29. The molecule has 0 amide bonds. The first kappa shape index (κ1) is 21.2. The van der Waals surface area contributed by atoms with E-state index < -0.39 is 0 Å². The molecule has 0 spiro atoms. The van der Waals surface area contributed by atoms with Crippen molar-refractivity contribution in [2.75, 3.05) is 11.4 Å². The van der Waals surface area contributed by atoms with Crippen LogP contribution in [0.25, 0.3) is 11.2 Å². The van der Waals surface area contributed by atoms with E-state index in [1.165, 1.54) is 14.7 Å². The number of benzene rings is 2. The summed E-state index contributed by atoms with van der Waals surface area (Å²) in [4.78, 5) is 33.9. The summed E-state index contributed by atoms with van der Waals surface area (Å²) in [7, 11) is 1.70. The largest absolute Gasteiger partial charge is 0.338 e. The molecule has 170 valence electrons. The number of rotatable bonds is 4. The minimum absolute atomic E-state index is 0.249. The standard InChI is InChI=1S/C26H29N5O2/c1-17-10-11-19(3)21(12-17)16-31-24(32)22-23(28(4)26(31)33)27-25-29(13-18(2)14-30(22)25)15-20-8-6-5-7-9-20/h5-12,18H,13-16H2,1-4H3/t18-/m0/s1. The van der Waals surface area contributed by atoms with E-state index in [2.05, 4.69) is 24.0 Å². The molecule has 0 unspecified atom stereocenters. The van der Waals surface area contributed by atoms with E-state index in [1.54, 1.807) is 7.05 Å². The summed E-state index contributed by atoms with van der Waals surface area (Å²) in [5.74, 6) is 1.10. The van der Waals surface area contributed by atoms with E-state index in [4.69, 9.17) is 4.98 Å². The van der Waals surface area contributed by atoms with Crippen molar-refractivity contribution in [3.8, 4) is 0 Å². The van der Waals surface area contributed by atoms with Crippen LogP contribution in [0.5, 0.6) is 0 Å². The second-order valence-corrected chi connectivity index (χ2v) is 9.33. The van der Waals surface area contributed by atoms with Gasteiger partial charge in [0, 0.05) is 26.7 Å². The highest BCUT2D eigenvalue weighted by atomic mass is 16.2. The lowest BCUT2D eigenvalue weighted by Crippen LogP contribution is -2.41. The molecule has 1 aliphatic heterocycles. The van der Waals surface area contributed by atoms with Gasteiger partial charge in [-0.15, -0.1) is 0 Å². The lowest BCUT2D eigenvalue weighted by Gasteiger charge is -2.33. The van der Waals surface area contributed by atoms with E-state index in [1.807, 2.05) is 54.8 Å². The Morgan fingerprint density at radius 3 is 2.52 bits per heavy atom. The van der Waals surface area contributed by atoms with Gasteiger partial charge >= 0.3 is 5.69 Å². The van der Waals surface area contributed by atoms with Crippen LogP contribution in [0.15, 0.2) is 58.1 Å². The lowest BCUT2D eigenvalue weighted by atomic mass is 10.1. The van der Waals surface area contributed by atoms with Gasteiger partial charge in [0.15, 0.2) is 11.2 Å². The van der Waals surface area contributed by atoms with Crippen LogP contribution in [0, 0.1) is 19.8 Å². The molecule has 0 N–H and O–H groups in total. The van der Waals surface area contributed by atoms with Crippen LogP contribution in [0.1, 0.15) is 29.2 Å². The first-order valence-corrected chi connectivity index (χ1v) is 11.4. The van der Waals surface area contributed by atoms with E-state index in [-0.39, 0.29) is 17.8 Å². The fraction of sp³-hybridized carbons (Fsp3) is 0.346. The van der Waals surface area contributed by atoms with Crippen LogP contribution < -0.4 is 16.1 Å². The predicted molar refractivity (Wildman–Crippen MR) is 131 cm³/mol. The average molecular weight is 444 g/mol. The van der Waals surface area contributed by atoms with Gasteiger partial charge in [0.1, 0.15) is 0 Å². The van der Waals surface area contributed by atoms with Crippen molar-refractivity contribution in [2.24, 2.45) is 13.0 Å². The molecule has 0 saturated carbocycles. The number of hydrogen-bond acceptors (Lipinski definition) is 4. The van der Waals surface area contributed by atoms with Crippen molar-refractivity contribution in [2.45, 2.75) is 40.4 Å². The highest BCUT2D eigenvalue weighted by molar-refractivity contribution is 5.75. The van der Waals surface area contributed by atoms with Crippen molar-refractivity contribution >= 4 is 17.1 Å². The molecule has 1 aliphatic rings. The van der Waals surface area contributed by atoms with Gasteiger partial charge in [-0.1, -0.05) is 61.0 Å². The molecule has 33 heavy (non-hydrogen) atoms. The predicted octanol–water partition coefficient (Wildman–Crippen LogP) is 3.22. The van der Waals surface area contributed by atoms with Crippen LogP contribution >= 0.6 is 0 Å². The Labute approximate surface area is 192 Å². The van der Waals surface area contributed by atoms with Crippen molar-refractivity contribution in [3.63, 3.8) is 0 Å². The van der Waals surface area contributed by atoms with E-state index in [0.29, 0.717) is 30.2 Å². The molecule has 2 aromatic carbocycles. The van der Waals surface area contributed by atoms with Gasteiger partial charge in [-0.3, -0.25) is 13.9 Å². The molecule has 5 rings (SSSR count). The normalized spacial score (nSPS) is 15.8. The quantitative estimate of drug-likeness (QED) is 0.486. The summed E-state index contributed by atoms with van der Waals surface area (Å²) < 4.78 is 4.87. The molecular formula is C26H29N5O2. The molecule has 3 heterocycles. The zero-order valence-corrected chi connectivity index (χ0v) is 19.6. The SMILES string of the molecule is Cc1ccc(C)c(Cn2c(=O)c3c(nc4n3C[C@@H](C)CN4Cc3ccccc3)n(C)c2=O)c1. The number of aryl methyl sites for hydroxylation is 3. The van der Waals surface area contributed by atoms with Crippen LogP contribution in [0.3, 0.4) is 0 Å². The highest BCUT2D eigenvalue weighted by Crippen LogP contribution is 2.28. The molecule has 0 saturated heterocycles. The number of fused-ring (bicyclic) bond motifs is 3. The van der Waals surface area contributed by atoms with E-state index in [9.17, 15) is 9.59 Å². The maximum atomic E-state index is 13.7. The molecule has 0 fully saturated rings. The van der Waals surface area contributed by atoms with Crippen molar-refractivity contribution in [3.05, 3.63) is 91.6 Å². The zero-order valence-electron chi connectivity index (χ0n) is 19.6. The number of aromatic nitrogens is 4. The third-order valence-electron chi connectivity index (χ3n) is 6.57. The van der Waals surface area contributed by atoms with Gasteiger partial charge < -0.3 is 9.47 Å². The van der Waals surface area contributed by atoms with Crippen LogP contribution in [0.2, 0.25) is 0 Å². The number of anilines is 1. The molecule has 0 radical (unpaired) electrons. The van der Waals surface area contributed by atoms with Gasteiger partial charge in [0.25, 0.3) is 5.56 Å². The summed E-state index contributed by atoms with van der Waals surface area (Å²) in [6, 6.07) is 16.4. The molecule has 7 heteroatoms. The fourth-order valence-corrected chi connectivity index (χ4v) is 4.82. The van der Waals surface area contributed by atoms with Crippen molar-refractivity contribution < 1.29 is 0 Å². The smallest absolute Gasteiger partial charge is 0.332 e. The lowest BCUT2D eigenvalue weighted by molar-refractivity contribution is 0.435. The Hall–Kier alpha value is -3.61. The van der Waals surface area contributed by atoms with Gasteiger partial charge in [-0.2, -0.15) is 4.98 Å². The topological polar surface area (TPSA) is 65.1 Å². The second-order valence-electron chi connectivity index (χ2n) is 9.33. The van der Waals surface area contributed by atoms with Gasteiger partial charge in [-0.25, -0.2) is 4.79 Å². The summed E-state index contributed by atoms with van der Waals surface area (Å²) >= 11 is 0. The van der Waals surface area contributed by atoms with Crippen molar-refractivity contribution in [1.29, 1.82) is 0 Å². The van der Waals surface area contributed by atoms with Crippen molar-refractivity contribution in [1.82, 2.24) is 18.7 Å². The zero-order chi connectivity index (χ0) is 23.3. The van der Waals surface area contributed by atoms with E-state index >= 15 is 0 Å². The van der Waals surface area contributed by atoms with E-state index in [0.717, 1.165) is 29.2 Å². The monoisotopic (exact) mass is 443 g/mol. The van der Waals surface area contributed by atoms with Gasteiger partial charge in [-0.05, 0) is 36.5 Å². The fourth-order valence-electron chi connectivity index (χ4n) is 4.82. The summed E-state index contributed by atoms with van der Waals surface area (Å²) in [5, 5.41) is 0. The molecule has 0 bridgehead atoms. The average Bonchev–Trinajstić information content (AvgIpc) is 3.18. The first-order valence-electron chi connectivity index (χ1n) is 11.4. The van der Waals surface area contributed by atoms with Crippen LogP contribution in [0.4, 0.5) is 5.95 Å². The minimum Gasteiger partial charge on any atom is -0.338 e. The maximum absolute atomic E-state index is 13.7. The third kappa shape index (κ3) is 3.67. The molecule has 0 aliphatic carbocycles. The number of imidazole rings is 1. The Balaban J connectivity index is 1.67. The molecule has 1 atom stereocenters. The summed E-state index contributed by atoms with van der Waals surface area (Å²) in [6.45, 7) is 8.72. The molecule has 7 nitrogen and oxygen atoms in total. The third-order valence-corrected chi connectivity index (χ3v) is 6.57. The summed E-state index contributed by atoms with van der Waals surface area (Å²) in [5.41, 5.74) is 4.66. The second kappa shape index (κ2) is 8.06. The Morgan fingerprint density at radius 1 is 1.00 bits per heavy atom. The van der Waals surface area contributed by atoms with Gasteiger partial charge in [0.2, 0.25) is 5.95 Å². The Bertz CT molecular complexity index is 1460. The first-order chi connectivity index (χ1) is 15.8. The van der Waals surface area contributed by atoms with Crippen LogP contribution in [-0.4, -0.2) is 25.2 Å². The minimum atomic E-state index is -0.341. The summed E-state index contributed by atoms with van der Waals surface area (Å²) in [6.07, 6.45) is 0. The molecule has 4 aromatic rings. The maximum Gasteiger partial charge on any atom is 0.332 e. The Kier molecular flexibility index (Phi) is 5.19. The number of nitrogens with zero attached hydrogens (tertiary/aromatic N) is 5. The van der Waals surface area contributed by atoms with Gasteiger partial charge in [0.05, 0.1) is 6.54 Å². The van der Waals surface area contributed by atoms with Crippen LogP contribution in [-0.2, 0) is 26.7 Å². The molecular weight excluding hydrogens is 414 g/mol. The number of hydrogen-bond donors (Lipinski definition) is 0. The molecule has 2 aromatic heterocycles. The Morgan fingerprint density at radius 2 is 1.76 bits per heavy atom.